The van der Waals surface area contributed by atoms with Crippen molar-refractivity contribution in [3.8, 4) is 5.75 Å². The number of fused-ring (bicyclic) bond motifs is 1. The molecular formula is C19H15ClN2O5. The van der Waals surface area contributed by atoms with Gasteiger partial charge in [0.1, 0.15) is 5.75 Å². The molecule has 0 bridgehead atoms. The highest BCUT2D eigenvalue weighted by Crippen LogP contribution is 2.26. The van der Waals surface area contributed by atoms with E-state index in [4.69, 9.17) is 16.3 Å². The van der Waals surface area contributed by atoms with E-state index < -0.39 is 17.7 Å². The van der Waals surface area contributed by atoms with Crippen LogP contribution in [0.1, 0.15) is 20.7 Å². The second kappa shape index (κ2) is 7.51. The molecule has 3 rings (SSSR count). The number of ketones is 1. The Labute approximate surface area is 159 Å². The summed E-state index contributed by atoms with van der Waals surface area (Å²) in [6.45, 7) is 0. The average molecular weight is 387 g/mol. The number of carbonyl (C=O) groups excluding carboxylic acids is 3. The van der Waals surface area contributed by atoms with Crippen molar-refractivity contribution in [1.29, 1.82) is 0 Å². The third kappa shape index (κ3) is 3.63. The summed E-state index contributed by atoms with van der Waals surface area (Å²) in [4.78, 5) is 39.6. The summed E-state index contributed by atoms with van der Waals surface area (Å²) in [5.41, 5.74) is 1.22. The molecule has 0 saturated heterocycles. The lowest BCUT2D eigenvalue weighted by Crippen LogP contribution is -2.23. The van der Waals surface area contributed by atoms with Crippen molar-refractivity contribution in [3.05, 3.63) is 58.7 Å². The molecular weight excluding hydrogens is 372 g/mol. The van der Waals surface area contributed by atoms with E-state index in [1.807, 2.05) is 0 Å². The standard InChI is InChI=1S/C19H15ClN2O5/c1-26-11-4-6-15-12(8-11)13(9-21-15)17(23)18(24)22-16-7-10(19(25)27-2)3-5-14(16)20/h3-9,21H,1-2H3,(H,22,24). The first kappa shape index (κ1) is 18.5. The van der Waals surface area contributed by atoms with E-state index >= 15 is 0 Å². The van der Waals surface area contributed by atoms with Gasteiger partial charge in [0.05, 0.1) is 36.1 Å². The zero-order valence-corrected chi connectivity index (χ0v) is 15.2. The lowest BCUT2D eigenvalue weighted by atomic mass is 10.1. The first-order valence-electron chi connectivity index (χ1n) is 7.83. The number of nitrogens with one attached hydrogen (secondary N) is 2. The van der Waals surface area contributed by atoms with E-state index in [-0.39, 0.29) is 21.8 Å². The van der Waals surface area contributed by atoms with Crippen LogP contribution in [-0.2, 0) is 9.53 Å². The molecule has 2 aromatic carbocycles. The number of hydrogen-bond donors (Lipinski definition) is 2. The van der Waals surface area contributed by atoms with Crippen molar-refractivity contribution in [3.63, 3.8) is 0 Å². The topological polar surface area (TPSA) is 97.5 Å². The van der Waals surface area contributed by atoms with Crippen molar-refractivity contribution in [2.24, 2.45) is 0 Å². The Morgan fingerprint density at radius 2 is 1.85 bits per heavy atom. The van der Waals surface area contributed by atoms with Crippen LogP contribution in [0.2, 0.25) is 5.02 Å². The van der Waals surface area contributed by atoms with Crippen LogP contribution in [0, 0.1) is 0 Å². The second-order valence-corrected chi connectivity index (χ2v) is 5.99. The van der Waals surface area contributed by atoms with Gasteiger partial charge in [-0.05, 0) is 36.4 Å². The zero-order chi connectivity index (χ0) is 19.6. The normalized spacial score (nSPS) is 10.5. The predicted octanol–water partition coefficient (Wildman–Crippen LogP) is 3.44. The van der Waals surface area contributed by atoms with Gasteiger partial charge in [-0.15, -0.1) is 0 Å². The fourth-order valence-electron chi connectivity index (χ4n) is 2.58. The van der Waals surface area contributed by atoms with Crippen LogP contribution in [-0.4, -0.2) is 36.9 Å². The highest BCUT2D eigenvalue weighted by molar-refractivity contribution is 6.49. The average Bonchev–Trinajstić information content (AvgIpc) is 3.11. The number of H-pyrrole nitrogens is 1. The van der Waals surface area contributed by atoms with Crippen LogP contribution < -0.4 is 10.1 Å². The fraction of sp³-hybridized carbons (Fsp3) is 0.105. The fourth-order valence-corrected chi connectivity index (χ4v) is 2.75. The molecule has 3 aromatic rings. The first-order valence-corrected chi connectivity index (χ1v) is 8.21. The molecule has 0 spiro atoms. The Hall–Kier alpha value is -3.32. The molecule has 27 heavy (non-hydrogen) atoms. The number of benzene rings is 2. The van der Waals surface area contributed by atoms with Gasteiger partial charge >= 0.3 is 5.97 Å². The molecule has 0 aliphatic carbocycles. The molecule has 0 radical (unpaired) electrons. The van der Waals surface area contributed by atoms with E-state index in [0.717, 1.165) is 0 Å². The van der Waals surface area contributed by atoms with Gasteiger partial charge in [0.2, 0.25) is 0 Å². The maximum absolute atomic E-state index is 12.6. The summed E-state index contributed by atoms with van der Waals surface area (Å²) < 4.78 is 9.79. The number of esters is 1. The molecule has 0 unspecified atom stereocenters. The van der Waals surface area contributed by atoms with Crippen molar-refractivity contribution in [2.45, 2.75) is 0 Å². The summed E-state index contributed by atoms with van der Waals surface area (Å²) in [6.07, 6.45) is 1.46. The first-order chi connectivity index (χ1) is 12.9. The minimum atomic E-state index is -0.886. The van der Waals surface area contributed by atoms with E-state index in [9.17, 15) is 14.4 Å². The minimum absolute atomic E-state index is 0.135. The number of ether oxygens (including phenoxy) is 2. The number of anilines is 1. The maximum atomic E-state index is 12.6. The summed E-state index contributed by atoms with van der Waals surface area (Å²) in [5.74, 6) is -1.67. The van der Waals surface area contributed by atoms with Crippen LogP contribution in [0.3, 0.4) is 0 Å². The van der Waals surface area contributed by atoms with Gasteiger partial charge in [-0.25, -0.2) is 4.79 Å². The molecule has 0 aliphatic rings. The number of rotatable bonds is 5. The smallest absolute Gasteiger partial charge is 0.337 e. The molecule has 7 nitrogen and oxygen atoms in total. The van der Waals surface area contributed by atoms with Crippen molar-refractivity contribution >= 4 is 45.9 Å². The summed E-state index contributed by atoms with van der Waals surface area (Å²) in [5, 5.41) is 3.18. The van der Waals surface area contributed by atoms with E-state index in [0.29, 0.717) is 16.7 Å². The SMILES string of the molecule is COC(=O)c1ccc(Cl)c(NC(=O)C(=O)c2c[nH]c3ccc(OC)cc23)c1. The van der Waals surface area contributed by atoms with E-state index in [1.165, 1.54) is 38.6 Å². The molecule has 138 valence electrons. The molecule has 1 aromatic heterocycles. The molecule has 0 atom stereocenters. The molecule has 0 saturated carbocycles. The summed E-state index contributed by atoms with van der Waals surface area (Å²) in [7, 11) is 2.75. The predicted molar refractivity (Wildman–Crippen MR) is 101 cm³/mol. The number of methoxy groups -OCH3 is 2. The Morgan fingerprint density at radius 3 is 2.56 bits per heavy atom. The van der Waals surface area contributed by atoms with Crippen LogP contribution in [0.5, 0.6) is 5.75 Å². The molecule has 0 aliphatic heterocycles. The lowest BCUT2D eigenvalue weighted by molar-refractivity contribution is -0.112. The summed E-state index contributed by atoms with van der Waals surface area (Å²) in [6, 6.07) is 9.39. The molecule has 1 heterocycles. The molecule has 0 fully saturated rings. The molecule has 1 amide bonds. The highest BCUT2D eigenvalue weighted by atomic mass is 35.5. The Balaban J connectivity index is 1.89. The zero-order valence-electron chi connectivity index (χ0n) is 14.5. The number of Topliss-reactive ketones (excluding diaryl/α,β-unsaturated/α-hetero) is 1. The third-order valence-corrected chi connectivity index (χ3v) is 4.31. The van der Waals surface area contributed by atoms with Crippen LogP contribution >= 0.6 is 11.6 Å². The van der Waals surface area contributed by atoms with Crippen molar-refractivity contribution in [2.75, 3.05) is 19.5 Å². The Bertz CT molecular complexity index is 1060. The van der Waals surface area contributed by atoms with Crippen LogP contribution in [0.25, 0.3) is 10.9 Å². The van der Waals surface area contributed by atoms with Crippen molar-refractivity contribution in [1.82, 2.24) is 4.98 Å². The number of amides is 1. The van der Waals surface area contributed by atoms with Crippen LogP contribution in [0.4, 0.5) is 5.69 Å². The van der Waals surface area contributed by atoms with Crippen LogP contribution in [0.15, 0.2) is 42.6 Å². The Morgan fingerprint density at radius 1 is 1.07 bits per heavy atom. The third-order valence-electron chi connectivity index (χ3n) is 3.98. The largest absolute Gasteiger partial charge is 0.497 e. The minimum Gasteiger partial charge on any atom is -0.497 e. The van der Waals surface area contributed by atoms with E-state index in [2.05, 4.69) is 15.0 Å². The monoisotopic (exact) mass is 386 g/mol. The highest BCUT2D eigenvalue weighted by Gasteiger charge is 2.22. The quantitative estimate of drug-likeness (QED) is 0.397. The number of hydrogen-bond acceptors (Lipinski definition) is 5. The number of halogens is 1. The van der Waals surface area contributed by atoms with Gasteiger partial charge in [0, 0.05) is 17.1 Å². The van der Waals surface area contributed by atoms with Gasteiger partial charge in [-0.1, -0.05) is 11.6 Å². The Kier molecular flexibility index (Phi) is 5.14. The summed E-state index contributed by atoms with van der Waals surface area (Å²) >= 11 is 6.05. The van der Waals surface area contributed by atoms with Gasteiger partial charge in [0.25, 0.3) is 11.7 Å². The van der Waals surface area contributed by atoms with Crippen molar-refractivity contribution < 1.29 is 23.9 Å². The maximum Gasteiger partial charge on any atom is 0.337 e. The molecule has 8 heteroatoms. The van der Waals surface area contributed by atoms with Gasteiger partial charge in [0.15, 0.2) is 0 Å². The lowest BCUT2D eigenvalue weighted by Gasteiger charge is -2.08. The van der Waals surface area contributed by atoms with Gasteiger partial charge < -0.3 is 19.8 Å². The van der Waals surface area contributed by atoms with Gasteiger partial charge in [-0.2, -0.15) is 0 Å². The number of carbonyl (C=O) groups is 3. The number of aromatic amines is 1. The molecule has 2 N–H and O–H groups in total. The second-order valence-electron chi connectivity index (χ2n) is 5.58. The number of aromatic nitrogens is 1. The van der Waals surface area contributed by atoms with Gasteiger partial charge in [-0.3, -0.25) is 9.59 Å². The van der Waals surface area contributed by atoms with E-state index in [1.54, 1.807) is 18.2 Å².